The number of ether oxygens (including phenoxy) is 2. The van der Waals surface area contributed by atoms with Crippen LogP contribution in [0.2, 0.25) is 0 Å². The SMILES string of the molecule is COc1cccc(/C=C2\SC(=O)N(CC(=O)Nc3ccccc3F)C2=O)c1OC. The fourth-order valence-electron chi connectivity index (χ4n) is 2.70. The molecule has 3 amide bonds. The lowest BCUT2D eigenvalue weighted by atomic mass is 10.1. The number of hydrogen-bond acceptors (Lipinski definition) is 6. The Bertz CT molecular complexity index is 1010. The third kappa shape index (κ3) is 4.40. The molecule has 150 valence electrons. The maximum absolute atomic E-state index is 13.7. The quantitative estimate of drug-likeness (QED) is 0.726. The summed E-state index contributed by atoms with van der Waals surface area (Å²) in [7, 11) is 2.96. The number of rotatable bonds is 6. The van der Waals surface area contributed by atoms with Crippen molar-refractivity contribution in [2.75, 3.05) is 26.1 Å². The van der Waals surface area contributed by atoms with Gasteiger partial charge in [-0.1, -0.05) is 24.3 Å². The molecule has 1 fully saturated rings. The van der Waals surface area contributed by atoms with Crippen molar-refractivity contribution in [3.63, 3.8) is 0 Å². The summed E-state index contributed by atoms with van der Waals surface area (Å²) >= 11 is 0.709. The Labute approximate surface area is 170 Å². The number of carbonyl (C=O) groups is 3. The molecular formula is C20H17FN2O5S. The second kappa shape index (κ2) is 8.78. The Morgan fingerprint density at radius 2 is 1.90 bits per heavy atom. The number of hydrogen-bond donors (Lipinski definition) is 1. The van der Waals surface area contributed by atoms with Crippen LogP contribution in [0.15, 0.2) is 47.4 Å². The molecular weight excluding hydrogens is 399 g/mol. The first-order valence-electron chi connectivity index (χ1n) is 8.45. The molecule has 9 heteroatoms. The Hall–Kier alpha value is -3.33. The number of para-hydroxylation sites is 2. The highest BCUT2D eigenvalue weighted by molar-refractivity contribution is 8.18. The molecule has 1 heterocycles. The summed E-state index contributed by atoms with van der Waals surface area (Å²) in [5, 5.41) is 1.76. The van der Waals surface area contributed by atoms with Gasteiger partial charge in [-0.05, 0) is 36.0 Å². The lowest BCUT2D eigenvalue weighted by Crippen LogP contribution is -2.36. The monoisotopic (exact) mass is 416 g/mol. The van der Waals surface area contributed by atoms with E-state index in [1.165, 1.54) is 38.5 Å². The molecule has 3 rings (SSSR count). The molecule has 1 N–H and O–H groups in total. The van der Waals surface area contributed by atoms with Crippen molar-refractivity contribution in [3.05, 3.63) is 58.8 Å². The average molecular weight is 416 g/mol. The Morgan fingerprint density at radius 3 is 2.59 bits per heavy atom. The minimum absolute atomic E-state index is 0.0267. The Balaban J connectivity index is 1.77. The Morgan fingerprint density at radius 1 is 1.14 bits per heavy atom. The van der Waals surface area contributed by atoms with Gasteiger partial charge in [-0.2, -0.15) is 0 Å². The fraction of sp³-hybridized carbons (Fsp3) is 0.150. The van der Waals surface area contributed by atoms with Gasteiger partial charge < -0.3 is 14.8 Å². The van der Waals surface area contributed by atoms with E-state index >= 15 is 0 Å². The number of benzene rings is 2. The summed E-state index contributed by atoms with van der Waals surface area (Å²) in [6, 6.07) is 10.8. The predicted octanol–water partition coefficient (Wildman–Crippen LogP) is 3.52. The van der Waals surface area contributed by atoms with Crippen LogP contribution in [0.5, 0.6) is 11.5 Å². The summed E-state index contributed by atoms with van der Waals surface area (Å²) < 4.78 is 24.2. The van der Waals surface area contributed by atoms with E-state index in [1.54, 1.807) is 24.3 Å². The number of thioether (sulfide) groups is 1. The number of halogens is 1. The smallest absolute Gasteiger partial charge is 0.294 e. The van der Waals surface area contributed by atoms with Gasteiger partial charge in [0.15, 0.2) is 11.5 Å². The highest BCUT2D eigenvalue weighted by Crippen LogP contribution is 2.37. The molecule has 2 aromatic rings. The summed E-state index contributed by atoms with van der Waals surface area (Å²) in [4.78, 5) is 38.0. The van der Waals surface area contributed by atoms with E-state index in [9.17, 15) is 18.8 Å². The molecule has 0 atom stereocenters. The highest BCUT2D eigenvalue weighted by Gasteiger charge is 2.36. The average Bonchev–Trinajstić information content (AvgIpc) is 2.96. The lowest BCUT2D eigenvalue weighted by molar-refractivity contribution is -0.127. The van der Waals surface area contributed by atoms with Crippen LogP contribution in [-0.4, -0.2) is 42.7 Å². The highest BCUT2D eigenvalue weighted by atomic mass is 32.2. The van der Waals surface area contributed by atoms with E-state index in [0.717, 1.165) is 4.90 Å². The van der Waals surface area contributed by atoms with Crippen LogP contribution in [0.4, 0.5) is 14.9 Å². The van der Waals surface area contributed by atoms with Gasteiger partial charge in [0.2, 0.25) is 5.91 Å². The molecule has 0 aliphatic carbocycles. The number of nitrogens with zero attached hydrogens (tertiary/aromatic N) is 1. The van der Waals surface area contributed by atoms with Crippen molar-refractivity contribution in [3.8, 4) is 11.5 Å². The van der Waals surface area contributed by atoms with Gasteiger partial charge in [-0.3, -0.25) is 19.3 Å². The van der Waals surface area contributed by atoms with Crippen LogP contribution in [0.25, 0.3) is 6.08 Å². The number of methoxy groups -OCH3 is 2. The molecule has 0 spiro atoms. The third-order valence-electron chi connectivity index (χ3n) is 4.04. The first-order chi connectivity index (χ1) is 13.9. The first kappa shape index (κ1) is 20.4. The molecule has 2 aromatic carbocycles. The first-order valence-corrected chi connectivity index (χ1v) is 9.27. The molecule has 0 aromatic heterocycles. The maximum Gasteiger partial charge on any atom is 0.294 e. The van der Waals surface area contributed by atoms with Gasteiger partial charge in [0.1, 0.15) is 12.4 Å². The van der Waals surface area contributed by atoms with Crippen molar-refractivity contribution in [1.29, 1.82) is 0 Å². The molecule has 1 saturated heterocycles. The molecule has 0 saturated carbocycles. The van der Waals surface area contributed by atoms with Crippen LogP contribution in [0.3, 0.4) is 0 Å². The maximum atomic E-state index is 13.7. The molecule has 29 heavy (non-hydrogen) atoms. The Kier molecular flexibility index (Phi) is 6.18. The van der Waals surface area contributed by atoms with Crippen LogP contribution in [0.1, 0.15) is 5.56 Å². The fourth-order valence-corrected chi connectivity index (χ4v) is 3.53. The minimum Gasteiger partial charge on any atom is -0.493 e. The largest absolute Gasteiger partial charge is 0.493 e. The van der Waals surface area contributed by atoms with Crippen molar-refractivity contribution >= 4 is 40.6 Å². The molecule has 1 aliphatic rings. The van der Waals surface area contributed by atoms with Gasteiger partial charge >= 0.3 is 0 Å². The number of imide groups is 1. The van der Waals surface area contributed by atoms with Crippen molar-refractivity contribution in [2.24, 2.45) is 0 Å². The van der Waals surface area contributed by atoms with Crippen molar-refractivity contribution in [2.45, 2.75) is 0 Å². The van der Waals surface area contributed by atoms with Gasteiger partial charge in [-0.25, -0.2) is 4.39 Å². The van der Waals surface area contributed by atoms with E-state index in [0.29, 0.717) is 28.8 Å². The lowest BCUT2D eigenvalue weighted by Gasteiger charge is -2.13. The van der Waals surface area contributed by atoms with Crippen LogP contribution < -0.4 is 14.8 Å². The second-order valence-corrected chi connectivity index (χ2v) is 6.87. The van der Waals surface area contributed by atoms with E-state index in [2.05, 4.69) is 5.32 Å². The number of carbonyl (C=O) groups excluding carboxylic acids is 3. The van der Waals surface area contributed by atoms with E-state index in [4.69, 9.17) is 9.47 Å². The van der Waals surface area contributed by atoms with Crippen molar-refractivity contribution in [1.82, 2.24) is 4.90 Å². The molecule has 1 aliphatic heterocycles. The van der Waals surface area contributed by atoms with Gasteiger partial charge in [0.25, 0.3) is 11.1 Å². The topological polar surface area (TPSA) is 84.9 Å². The van der Waals surface area contributed by atoms with Crippen LogP contribution >= 0.6 is 11.8 Å². The zero-order chi connectivity index (χ0) is 21.0. The van der Waals surface area contributed by atoms with E-state index in [-0.39, 0.29) is 10.6 Å². The summed E-state index contributed by atoms with van der Waals surface area (Å²) in [5.74, 6) is -1.02. The molecule has 0 radical (unpaired) electrons. The zero-order valence-electron chi connectivity index (χ0n) is 15.6. The predicted molar refractivity (Wildman–Crippen MR) is 107 cm³/mol. The summed E-state index contributed by atoms with van der Waals surface area (Å²) in [6.07, 6.45) is 1.50. The van der Waals surface area contributed by atoms with Crippen LogP contribution in [0, 0.1) is 5.82 Å². The minimum atomic E-state index is -0.683. The zero-order valence-corrected chi connectivity index (χ0v) is 16.4. The van der Waals surface area contributed by atoms with Gasteiger partial charge in [0, 0.05) is 5.56 Å². The van der Waals surface area contributed by atoms with Gasteiger partial charge in [-0.15, -0.1) is 0 Å². The summed E-state index contributed by atoms with van der Waals surface area (Å²) in [5.41, 5.74) is 0.522. The van der Waals surface area contributed by atoms with Crippen molar-refractivity contribution < 1.29 is 28.2 Å². The molecule has 0 unspecified atom stereocenters. The number of amides is 3. The standard InChI is InChI=1S/C20H17FN2O5S/c1-27-15-9-5-6-12(18(15)28-2)10-16-19(25)23(20(26)29-16)11-17(24)22-14-8-4-3-7-13(14)21/h3-10H,11H2,1-2H3,(H,22,24)/b16-10-. The van der Waals surface area contributed by atoms with Crippen LogP contribution in [-0.2, 0) is 9.59 Å². The molecule has 0 bridgehead atoms. The third-order valence-corrected chi connectivity index (χ3v) is 4.95. The second-order valence-electron chi connectivity index (χ2n) is 5.88. The van der Waals surface area contributed by atoms with E-state index in [1.807, 2.05) is 0 Å². The van der Waals surface area contributed by atoms with E-state index < -0.39 is 29.4 Å². The summed E-state index contributed by atoms with van der Waals surface area (Å²) in [6.45, 7) is -0.522. The van der Waals surface area contributed by atoms with Gasteiger partial charge in [0.05, 0.1) is 24.8 Å². The normalized spacial score (nSPS) is 15.0. The molecule has 7 nitrogen and oxygen atoms in total. The number of nitrogens with one attached hydrogen (secondary N) is 1. The number of anilines is 1.